The first-order valence-electron chi connectivity index (χ1n) is 4.55. The van der Waals surface area contributed by atoms with Gasteiger partial charge in [-0.25, -0.2) is 4.39 Å². The summed E-state index contributed by atoms with van der Waals surface area (Å²) in [5.74, 6) is -0.539. The molecular formula is C12H12FNO. The zero-order valence-electron chi connectivity index (χ0n) is 8.24. The van der Waals surface area contributed by atoms with Crippen LogP contribution in [0.5, 0.6) is 0 Å². The second kappa shape index (κ2) is 5.75. The van der Waals surface area contributed by atoms with Gasteiger partial charge < -0.3 is 5.32 Å². The molecule has 3 heteroatoms. The number of halogens is 1. The molecule has 2 nitrogen and oxygen atoms in total. The Morgan fingerprint density at radius 2 is 2.33 bits per heavy atom. The Hall–Kier alpha value is -1.90. The molecule has 0 bridgehead atoms. The zero-order valence-corrected chi connectivity index (χ0v) is 8.24. The monoisotopic (exact) mass is 205 g/mol. The number of amides is 1. The summed E-state index contributed by atoms with van der Waals surface area (Å²) < 4.78 is 12.7. The molecule has 0 radical (unpaired) electrons. The summed E-state index contributed by atoms with van der Waals surface area (Å²) in [7, 11) is 0. The highest BCUT2D eigenvalue weighted by Gasteiger charge is 1.93. The van der Waals surface area contributed by atoms with E-state index in [2.05, 4.69) is 11.9 Å². The SMILES string of the molecule is C=CCNC(=O)/C=C/c1cccc(F)c1. The van der Waals surface area contributed by atoms with E-state index in [4.69, 9.17) is 0 Å². The minimum absolute atomic E-state index is 0.223. The molecule has 0 heterocycles. The summed E-state index contributed by atoms with van der Waals surface area (Å²) in [6.45, 7) is 3.90. The van der Waals surface area contributed by atoms with Crippen molar-refractivity contribution >= 4 is 12.0 Å². The van der Waals surface area contributed by atoms with Crippen molar-refractivity contribution in [1.82, 2.24) is 5.32 Å². The third-order valence-corrected chi connectivity index (χ3v) is 1.70. The van der Waals surface area contributed by atoms with Gasteiger partial charge in [0, 0.05) is 12.6 Å². The minimum atomic E-state index is -0.316. The van der Waals surface area contributed by atoms with Crippen LogP contribution in [-0.2, 0) is 4.79 Å². The number of nitrogens with one attached hydrogen (secondary N) is 1. The van der Waals surface area contributed by atoms with Crippen molar-refractivity contribution in [1.29, 1.82) is 0 Å². The third kappa shape index (κ3) is 4.22. The van der Waals surface area contributed by atoms with E-state index in [0.717, 1.165) is 0 Å². The van der Waals surface area contributed by atoms with Crippen molar-refractivity contribution in [2.24, 2.45) is 0 Å². The van der Waals surface area contributed by atoms with Crippen LogP contribution in [-0.4, -0.2) is 12.5 Å². The lowest BCUT2D eigenvalue weighted by atomic mass is 10.2. The first kappa shape index (κ1) is 11.2. The van der Waals surface area contributed by atoms with E-state index in [9.17, 15) is 9.18 Å². The van der Waals surface area contributed by atoms with Gasteiger partial charge in [0.15, 0.2) is 0 Å². The molecule has 0 saturated heterocycles. The summed E-state index contributed by atoms with van der Waals surface area (Å²) in [4.78, 5) is 11.1. The van der Waals surface area contributed by atoms with Crippen LogP contribution in [0.15, 0.2) is 43.0 Å². The largest absolute Gasteiger partial charge is 0.349 e. The van der Waals surface area contributed by atoms with Crippen LogP contribution in [0.1, 0.15) is 5.56 Å². The number of rotatable bonds is 4. The summed E-state index contributed by atoms with van der Waals surface area (Å²) in [5, 5.41) is 2.58. The molecule has 0 fully saturated rings. The summed E-state index contributed by atoms with van der Waals surface area (Å²) in [6.07, 6.45) is 4.51. The highest BCUT2D eigenvalue weighted by atomic mass is 19.1. The topological polar surface area (TPSA) is 29.1 Å². The fourth-order valence-corrected chi connectivity index (χ4v) is 1.01. The Kier molecular flexibility index (Phi) is 4.29. The number of carbonyl (C=O) groups is 1. The molecule has 0 aliphatic carbocycles. The van der Waals surface area contributed by atoms with Crippen LogP contribution in [0.2, 0.25) is 0 Å². The van der Waals surface area contributed by atoms with Crippen LogP contribution in [0.25, 0.3) is 6.08 Å². The van der Waals surface area contributed by atoms with Gasteiger partial charge in [0.25, 0.3) is 0 Å². The van der Waals surface area contributed by atoms with Crippen molar-refractivity contribution in [2.75, 3.05) is 6.54 Å². The van der Waals surface area contributed by atoms with Crippen LogP contribution < -0.4 is 5.32 Å². The van der Waals surface area contributed by atoms with Crippen LogP contribution in [0.4, 0.5) is 4.39 Å². The summed E-state index contributed by atoms with van der Waals surface area (Å²) in [6, 6.07) is 6.03. The van der Waals surface area contributed by atoms with Gasteiger partial charge in [0.1, 0.15) is 5.82 Å². The molecule has 0 saturated carbocycles. The summed E-state index contributed by atoms with van der Waals surface area (Å²) >= 11 is 0. The zero-order chi connectivity index (χ0) is 11.1. The van der Waals surface area contributed by atoms with E-state index >= 15 is 0 Å². The van der Waals surface area contributed by atoms with Gasteiger partial charge >= 0.3 is 0 Å². The minimum Gasteiger partial charge on any atom is -0.349 e. The lowest BCUT2D eigenvalue weighted by Crippen LogP contribution is -2.20. The maximum Gasteiger partial charge on any atom is 0.244 e. The van der Waals surface area contributed by atoms with Gasteiger partial charge in [0.2, 0.25) is 5.91 Å². The van der Waals surface area contributed by atoms with E-state index in [-0.39, 0.29) is 11.7 Å². The maximum atomic E-state index is 12.7. The Bertz CT molecular complexity index is 385. The molecule has 0 aromatic heterocycles. The normalized spacial score (nSPS) is 10.2. The van der Waals surface area contributed by atoms with E-state index < -0.39 is 0 Å². The van der Waals surface area contributed by atoms with Crippen LogP contribution >= 0.6 is 0 Å². The van der Waals surface area contributed by atoms with Gasteiger partial charge in [0.05, 0.1) is 0 Å². The molecule has 1 rings (SSSR count). The number of hydrogen-bond donors (Lipinski definition) is 1. The number of hydrogen-bond acceptors (Lipinski definition) is 1. The van der Waals surface area contributed by atoms with Gasteiger partial charge in [-0.05, 0) is 23.8 Å². The Morgan fingerprint density at radius 1 is 1.53 bits per heavy atom. The van der Waals surface area contributed by atoms with Crippen LogP contribution in [0.3, 0.4) is 0 Å². The Morgan fingerprint density at radius 3 is 3.00 bits per heavy atom. The van der Waals surface area contributed by atoms with E-state index in [1.54, 1.807) is 24.3 Å². The first-order chi connectivity index (χ1) is 7.22. The smallest absolute Gasteiger partial charge is 0.244 e. The van der Waals surface area contributed by atoms with Gasteiger partial charge in [-0.3, -0.25) is 4.79 Å². The van der Waals surface area contributed by atoms with E-state index in [1.165, 1.54) is 18.2 Å². The molecule has 0 spiro atoms. The average Bonchev–Trinajstić information content (AvgIpc) is 2.23. The molecule has 78 valence electrons. The lowest BCUT2D eigenvalue weighted by molar-refractivity contribution is -0.116. The third-order valence-electron chi connectivity index (χ3n) is 1.70. The molecule has 1 aromatic carbocycles. The predicted molar refractivity (Wildman–Crippen MR) is 58.6 cm³/mol. The standard InChI is InChI=1S/C12H12FNO/c1-2-8-14-12(15)7-6-10-4-3-5-11(13)9-10/h2-7,9H,1,8H2,(H,14,15)/b7-6+. The second-order valence-corrected chi connectivity index (χ2v) is 2.92. The Labute approximate surface area is 88.1 Å². The fourth-order valence-electron chi connectivity index (χ4n) is 1.01. The molecule has 1 amide bonds. The number of benzene rings is 1. The van der Waals surface area contributed by atoms with Crippen molar-refractivity contribution in [3.05, 3.63) is 54.4 Å². The Balaban J connectivity index is 2.57. The van der Waals surface area contributed by atoms with Crippen molar-refractivity contribution in [3.8, 4) is 0 Å². The molecule has 0 aliphatic heterocycles. The van der Waals surface area contributed by atoms with E-state index in [1.807, 2.05) is 0 Å². The van der Waals surface area contributed by atoms with E-state index in [0.29, 0.717) is 12.1 Å². The molecule has 0 aliphatic rings. The van der Waals surface area contributed by atoms with Crippen molar-refractivity contribution in [2.45, 2.75) is 0 Å². The van der Waals surface area contributed by atoms with Gasteiger partial charge in [-0.2, -0.15) is 0 Å². The summed E-state index contributed by atoms with van der Waals surface area (Å²) in [5.41, 5.74) is 0.656. The molecular weight excluding hydrogens is 193 g/mol. The molecule has 0 unspecified atom stereocenters. The molecule has 0 atom stereocenters. The van der Waals surface area contributed by atoms with Gasteiger partial charge in [-0.1, -0.05) is 18.2 Å². The molecule has 15 heavy (non-hydrogen) atoms. The van der Waals surface area contributed by atoms with Crippen molar-refractivity contribution in [3.63, 3.8) is 0 Å². The van der Waals surface area contributed by atoms with Crippen molar-refractivity contribution < 1.29 is 9.18 Å². The average molecular weight is 205 g/mol. The first-order valence-corrected chi connectivity index (χ1v) is 4.55. The highest BCUT2D eigenvalue weighted by molar-refractivity contribution is 5.91. The number of carbonyl (C=O) groups excluding carboxylic acids is 1. The van der Waals surface area contributed by atoms with Gasteiger partial charge in [-0.15, -0.1) is 6.58 Å². The maximum absolute atomic E-state index is 12.7. The molecule has 1 N–H and O–H groups in total. The quantitative estimate of drug-likeness (QED) is 0.592. The predicted octanol–water partition coefficient (Wildman–Crippen LogP) is 2.14. The molecule has 1 aromatic rings. The van der Waals surface area contributed by atoms with Crippen LogP contribution in [0, 0.1) is 5.82 Å². The highest BCUT2D eigenvalue weighted by Crippen LogP contribution is 2.04. The fraction of sp³-hybridized carbons (Fsp3) is 0.0833. The second-order valence-electron chi connectivity index (χ2n) is 2.92. The lowest BCUT2D eigenvalue weighted by Gasteiger charge is -1.96.